The summed E-state index contributed by atoms with van der Waals surface area (Å²) in [6.07, 6.45) is -1.41. The maximum Gasteiger partial charge on any atom is 0.411 e. The van der Waals surface area contributed by atoms with Gasteiger partial charge in [-0.15, -0.1) is 0 Å². The number of carbonyl (C=O) groups excluding carboxylic acids is 3. The van der Waals surface area contributed by atoms with Crippen molar-refractivity contribution in [3.8, 4) is 11.5 Å². The maximum atomic E-state index is 13.3. The summed E-state index contributed by atoms with van der Waals surface area (Å²) in [4.78, 5) is 38.4. The Morgan fingerprint density at radius 3 is 2.47 bits per heavy atom. The van der Waals surface area contributed by atoms with Crippen molar-refractivity contribution in [1.82, 2.24) is 4.90 Å². The van der Waals surface area contributed by atoms with Crippen LogP contribution in [0, 0.1) is 0 Å². The molecule has 0 aromatic heterocycles. The van der Waals surface area contributed by atoms with Crippen molar-refractivity contribution >= 4 is 58.5 Å². The molecule has 1 saturated heterocycles. The third kappa shape index (κ3) is 7.28. The Kier molecular flexibility index (Phi) is 9.23. The van der Waals surface area contributed by atoms with E-state index in [0.717, 1.165) is 0 Å². The van der Waals surface area contributed by atoms with Crippen molar-refractivity contribution in [3.63, 3.8) is 0 Å². The van der Waals surface area contributed by atoms with Crippen LogP contribution in [0.1, 0.15) is 23.7 Å². The zero-order valence-electron chi connectivity index (χ0n) is 17.5. The number of ether oxygens (including phenoxy) is 4. The Bertz CT molecular complexity index is 862. The van der Waals surface area contributed by atoms with Crippen LogP contribution in [-0.2, 0) is 14.3 Å². The van der Waals surface area contributed by atoms with E-state index in [1.807, 2.05) is 0 Å². The highest BCUT2D eigenvalue weighted by atomic mass is 35.6. The van der Waals surface area contributed by atoms with Gasteiger partial charge in [0.15, 0.2) is 11.5 Å². The fraction of sp³-hybridized carbons (Fsp3) is 0.526. The molecular weight excluding hydrogens is 491 g/mol. The fourth-order valence-electron chi connectivity index (χ4n) is 3.17. The minimum atomic E-state index is -1.84. The number of benzene rings is 1. The second-order valence-corrected chi connectivity index (χ2v) is 9.43. The molecule has 0 radical (unpaired) electrons. The van der Waals surface area contributed by atoms with Crippen LogP contribution in [-0.4, -0.2) is 77.9 Å². The summed E-state index contributed by atoms with van der Waals surface area (Å²) < 4.78 is 18.5. The molecule has 0 unspecified atom stereocenters. The Hall–Kier alpha value is -1.98. The number of halogens is 3. The first-order chi connectivity index (χ1) is 14.9. The average molecular weight is 514 g/mol. The van der Waals surface area contributed by atoms with E-state index in [9.17, 15) is 19.5 Å². The van der Waals surface area contributed by atoms with Crippen LogP contribution in [0.4, 0.5) is 10.5 Å². The number of β-amino-alcohol motifs (C(OH)–C–C–N with tert-alkyl or cyclic N) is 1. The standard InChI is InChI=1S/C19H23Cl3N2O8/c1-10(25)32-16-6-14(23-18(28)31-9-19(20,21)22)13(5-15(16)30-3)17(27)24-7-12(26)4-11(24)8-29-2/h5-6,11-12,26H,4,7-9H2,1-3H3,(H,23,28)/t11-,12+/m0/s1. The second kappa shape index (κ2) is 11.2. The number of nitrogens with zero attached hydrogens (tertiary/aromatic N) is 1. The van der Waals surface area contributed by atoms with Crippen LogP contribution in [0.5, 0.6) is 11.5 Å². The number of hydrogen-bond acceptors (Lipinski definition) is 8. The monoisotopic (exact) mass is 512 g/mol. The molecule has 1 fully saturated rings. The predicted molar refractivity (Wildman–Crippen MR) is 117 cm³/mol. The number of aliphatic hydroxyl groups excluding tert-OH is 1. The first kappa shape index (κ1) is 26.3. The quantitative estimate of drug-likeness (QED) is 0.324. The van der Waals surface area contributed by atoms with E-state index in [2.05, 4.69) is 5.32 Å². The van der Waals surface area contributed by atoms with E-state index in [1.165, 1.54) is 38.2 Å². The van der Waals surface area contributed by atoms with Gasteiger partial charge in [0.05, 0.1) is 37.1 Å². The Morgan fingerprint density at radius 1 is 1.22 bits per heavy atom. The van der Waals surface area contributed by atoms with Gasteiger partial charge in [-0.1, -0.05) is 34.8 Å². The Morgan fingerprint density at radius 2 is 1.91 bits per heavy atom. The molecule has 0 aliphatic carbocycles. The molecule has 0 bridgehead atoms. The SMILES string of the molecule is COC[C@@H]1C[C@@H](O)CN1C(=O)c1cc(OC)c(OC(C)=O)cc1NC(=O)OCC(Cl)(Cl)Cl. The van der Waals surface area contributed by atoms with E-state index in [1.54, 1.807) is 0 Å². The molecule has 2 atom stereocenters. The molecule has 0 spiro atoms. The highest BCUT2D eigenvalue weighted by Crippen LogP contribution is 2.36. The van der Waals surface area contributed by atoms with Gasteiger partial charge < -0.3 is 29.0 Å². The van der Waals surface area contributed by atoms with Crippen molar-refractivity contribution < 1.29 is 38.4 Å². The first-order valence-corrected chi connectivity index (χ1v) is 10.5. The van der Waals surface area contributed by atoms with E-state index in [-0.39, 0.29) is 41.9 Å². The normalized spacial score (nSPS) is 18.3. The van der Waals surface area contributed by atoms with Crippen LogP contribution in [0.15, 0.2) is 12.1 Å². The van der Waals surface area contributed by atoms with Gasteiger partial charge >= 0.3 is 12.1 Å². The van der Waals surface area contributed by atoms with Crippen molar-refractivity contribution in [2.75, 3.05) is 39.3 Å². The number of nitrogens with one attached hydrogen (secondary N) is 1. The van der Waals surface area contributed by atoms with Gasteiger partial charge in [0, 0.05) is 26.6 Å². The topological polar surface area (TPSA) is 124 Å². The van der Waals surface area contributed by atoms with Crippen LogP contribution < -0.4 is 14.8 Å². The minimum absolute atomic E-state index is 0.00112. The third-order valence-corrected chi connectivity index (χ3v) is 4.73. The zero-order chi connectivity index (χ0) is 24.1. The van der Waals surface area contributed by atoms with Crippen molar-refractivity contribution in [2.45, 2.75) is 29.3 Å². The number of methoxy groups -OCH3 is 2. The fourth-order valence-corrected chi connectivity index (χ4v) is 3.34. The summed E-state index contributed by atoms with van der Waals surface area (Å²) in [7, 11) is 2.81. The molecule has 2 N–H and O–H groups in total. The molecule has 13 heteroatoms. The number of rotatable bonds is 7. The number of esters is 1. The minimum Gasteiger partial charge on any atom is -0.493 e. The molecule has 0 saturated carbocycles. The summed E-state index contributed by atoms with van der Waals surface area (Å²) >= 11 is 16.8. The van der Waals surface area contributed by atoms with Crippen molar-refractivity contribution in [1.29, 1.82) is 0 Å². The number of hydrogen-bond donors (Lipinski definition) is 2. The molecule has 32 heavy (non-hydrogen) atoms. The van der Waals surface area contributed by atoms with Gasteiger partial charge in [0.2, 0.25) is 3.79 Å². The van der Waals surface area contributed by atoms with E-state index >= 15 is 0 Å². The number of aliphatic hydroxyl groups is 1. The smallest absolute Gasteiger partial charge is 0.411 e. The largest absolute Gasteiger partial charge is 0.493 e. The lowest BCUT2D eigenvalue weighted by atomic mass is 10.1. The molecule has 10 nitrogen and oxygen atoms in total. The summed E-state index contributed by atoms with van der Waals surface area (Å²) in [6.45, 7) is 0.910. The number of carbonyl (C=O) groups is 3. The number of alkyl halides is 3. The molecule has 1 aliphatic rings. The van der Waals surface area contributed by atoms with Crippen LogP contribution >= 0.6 is 34.8 Å². The lowest BCUT2D eigenvalue weighted by molar-refractivity contribution is -0.132. The van der Waals surface area contributed by atoms with E-state index < -0.39 is 34.5 Å². The van der Waals surface area contributed by atoms with Crippen LogP contribution in [0.25, 0.3) is 0 Å². The molecule has 1 aromatic rings. The molecule has 2 rings (SSSR count). The molecule has 1 aromatic carbocycles. The van der Waals surface area contributed by atoms with Crippen LogP contribution in [0.2, 0.25) is 0 Å². The van der Waals surface area contributed by atoms with Crippen LogP contribution in [0.3, 0.4) is 0 Å². The van der Waals surface area contributed by atoms with Gasteiger partial charge in [0.1, 0.15) is 6.61 Å². The maximum absolute atomic E-state index is 13.3. The third-order valence-electron chi connectivity index (χ3n) is 4.40. The highest BCUT2D eigenvalue weighted by Gasteiger charge is 2.36. The molecular formula is C19H23Cl3N2O8. The molecule has 1 heterocycles. The molecule has 178 valence electrons. The summed E-state index contributed by atoms with van der Waals surface area (Å²) in [5, 5.41) is 12.4. The molecule has 2 amide bonds. The second-order valence-electron chi connectivity index (χ2n) is 6.91. The Labute approximate surface area is 199 Å². The Balaban J connectivity index is 2.43. The van der Waals surface area contributed by atoms with Gasteiger partial charge in [-0.2, -0.15) is 0 Å². The number of amides is 2. The van der Waals surface area contributed by atoms with E-state index in [0.29, 0.717) is 6.42 Å². The van der Waals surface area contributed by atoms with Gasteiger partial charge in [0.25, 0.3) is 5.91 Å². The molecule has 1 aliphatic heterocycles. The lowest BCUT2D eigenvalue weighted by Crippen LogP contribution is -2.39. The van der Waals surface area contributed by atoms with Gasteiger partial charge in [-0.3, -0.25) is 14.9 Å². The van der Waals surface area contributed by atoms with Crippen molar-refractivity contribution in [3.05, 3.63) is 17.7 Å². The lowest BCUT2D eigenvalue weighted by Gasteiger charge is -2.25. The number of anilines is 1. The predicted octanol–water partition coefficient (Wildman–Crippen LogP) is 2.76. The summed E-state index contributed by atoms with van der Waals surface area (Å²) in [5.74, 6) is -1.13. The van der Waals surface area contributed by atoms with Gasteiger partial charge in [-0.05, 0) is 12.5 Å². The average Bonchev–Trinajstić information content (AvgIpc) is 3.05. The zero-order valence-corrected chi connectivity index (χ0v) is 19.8. The first-order valence-electron chi connectivity index (χ1n) is 9.34. The van der Waals surface area contributed by atoms with Gasteiger partial charge in [-0.25, -0.2) is 4.79 Å². The number of likely N-dealkylation sites (tertiary alicyclic amines) is 1. The van der Waals surface area contributed by atoms with Crippen molar-refractivity contribution in [2.24, 2.45) is 0 Å². The highest BCUT2D eigenvalue weighted by molar-refractivity contribution is 6.67. The summed E-state index contributed by atoms with van der Waals surface area (Å²) in [6, 6.07) is 2.16. The summed E-state index contributed by atoms with van der Waals surface area (Å²) in [5.41, 5.74) is -0.0438. The van der Waals surface area contributed by atoms with E-state index in [4.69, 9.17) is 53.8 Å².